The summed E-state index contributed by atoms with van der Waals surface area (Å²) < 4.78 is 5.78. The van der Waals surface area contributed by atoms with Crippen molar-refractivity contribution in [3.05, 3.63) is 35.4 Å². The van der Waals surface area contributed by atoms with Gasteiger partial charge >= 0.3 is 0 Å². The minimum atomic E-state index is -0.213. The minimum Gasteiger partial charge on any atom is -0.373 e. The fraction of sp³-hybridized carbons (Fsp3) is 0.533. The van der Waals surface area contributed by atoms with Crippen LogP contribution in [0, 0.1) is 5.41 Å². The molecule has 0 saturated heterocycles. The largest absolute Gasteiger partial charge is 0.373 e. The SMILES string of the molecule is NCC1(C(=O)CC2OCCc3ccccc32)CC1. The van der Waals surface area contributed by atoms with Crippen LogP contribution in [0.4, 0.5) is 0 Å². The van der Waals surface area contributed by atoms with Gasteiger partial charge in [-0.1, -0.05) is 24.3 Å². The molecule has 0 aromatic heterocycles. The molecule has 2 aliphatic rings. The third-order valence-electron chi connectivity index (χ3n) is 4.30. The van der Waals surface area contributed by atoms with Crippen LogP contribution in [0.2, 0.25) is 0 Å². The quantitative estimate of drug-likeness (QED) is 0.882. The van der Waals surface area contributed by atoms with Crippen LogP contribution in [0.1, 0.15) is 36.5 Å². The molecule has 1 aromatic carbocycles. The normalized spacial score (nSPS) is 24.4. The van der Waals surface area contributed by atoms with Crippen LogP contribution in [0.15, 0.2) is 24.3 Å². The highest BCUT2D eigenvalue weighted by molar-refractivity contribution is 5.88. The smallest absolute Gasteiger partial charge is 0.143 e. The van der Waals surface area contributed by atoms with E-state index in [0.29, 0.717) is 19.6 Å². The zero-order valence-corrected chi connectivity index (χ0v) is 10.5. The van der Waals surface area contributed by atoms with Crippen LogP contribution >= 0.6 is 0 Å². The summed E-state index contributed by atoms with van der Waals surface area (Å²) in [6, 6.07) is 8.27. The first kappa shape index (κ1) is 11.9. The van der Waals surface area contributed by atoms with Crippen LogP contribution in [0.5, 0.6) is 0 Å². The first-order valence-electron chi connectivity index (χ1n) is 6.68. The molecule has 3 rings (SSSR count). The molecular weight excluding hydrogens is 226 g/mol. The van der Waals surface area contributed by atoms with Gasteiger partial charge in [0, 0.05) is 18.4 Å². The summed E-state index contributed by atoms with van der Waals surface area (Å²) in [5, 5.41) is 0. The number of carbonyl (C=O) groups excluding carboxylic acids is 1. The number of fused-ring (bicyclic) bond motifs is 1. The lowest BCUT2D eigenvalue weighted by Crippen LogP contribution is -2.28. The molecule has 1 aliphatic heterocycles. The molecule has 1 heterocycles. The zero-order chi connectivity index (χ0) is 12.6. The number of ether oxygens (including phenoxy) is 1. The Bertz CT molecular complexity index is 465. The number of nitrogens with two attached hydrogens (primary N) is 1. The third kappa shape index (κ3) is 1.98. The Morgan fingerprint density at radius 1 is 1.39 bits per heavy atom. The van der Waals surface area contributed by atoms with E-state index in [1.54, 1.807) is 0 Å². The Hall–Kier alpha value is -1.19. The van der Waals surface area contributed by atoms with Gasteiger partial charge < -0.3 is 10.5 Å². The molecule has 0 bridgehead atoms. The molecule has 0 amide bonds. The Morgan fingerprint density at radius 3 is 2.89 bits per heavy atom. The van der Waals surface area contributed by atoms with Crippen molar-refractivity contribution in [2.75, 3.05) is 13.2 Å². The van der Waals surface area contributed by atoms with Gasteiger partial charge in [-0.05, 0) is 30.4 Å². The van der Waals surface area contributed by atoms with E-state index in [4.69, 9.17) is 10.5 Å². The number of hydrogen-bond donors (Lipinski definition) is 1. The lowest BCUT2D eigenvalue weighted by atomic mass is 9.90. The monoisotopic (exact) mass is 245 g/mol. The average Bonchev–Trinajstić information content (AvgIpc) is 3.20. The Kier molecular flexibility index (Phi) is 2.96. The average molecular weight is 245 g/mol. The van der Waals surface area contributed by atoms with Gasteiger partial charge in [-0.3, -0.25) is 4.79 Å². The standard InChI is InChI=1S/C15H19NO2/c16-10-15(6-7-15)14(17)9-13-12-4-2-1-3-11(12)5-8-18-13/h1-4,13H,5-10,16H2. The minimum absolute atomic E-state index is 0.0634. The predicted molar refractivity (Wildman–Crippen MR) is 69.2 cm³/mol. The van der Waals surface area contributed by atoms with E-state index in [2.05, 4.69) is 12.1 Å². The topological polar surface area (TPSA) is 52.3 Å². The van der Waals surface area contributed by atoms with Gasteiger partial charge in [0.05, 0.1) is 12.7 Å². The molecule has 96 valence electrons. The first-order chi connectivity index (χ1) is 8.75. The van der Waals surface area contributed by atoms with Crippen molar-refractivity contribution in [2.24, 2.45) is 11.1 Å². The molecule has 2 N–H and O–H groups in total. The molecule has 1 aromatic rings. The van der Waals surface area contributed by atoms with E-state index >= 15 is 0 Å². The summed E-state index contributed by atoms with van der Waals surface area (Å²) in [6.07, 6.45) is 3.27. The van der Waals surface area contributed by atoms with E-state index in [9.17, 15) is 4.79 Å². The summed E-state index contributed by atoms with van der Waals surface area (Å²) in [5.74, 6) is 0.284. The molecule has 1 saturated carbocycles. The second-order valence-corrected chi connectivity index (χ2v) is 5.42. The van der Waals surface area contributed by atoms with E-state index in [0.717, 1.165) is 19.3 Å². The van der Waals surface area contributed by atoms with Crippen molar-refractivity contribution in [3.63, 3.8) is 0 Å². The van der Waals surface area contributed by atoms with Crippen molar-refractivity contribution < 1.29 is 9.53 Å². The van der Waals surface area contributed by atoms with Crippen molar-refractivity contribution in [3.8, 4) is 0 Å². The molecule has 0 spiro atoms. The fourth-order valence-corrected chi connectivity index (χ4v) is 2.78. The van der Waals surface area contributed by atoms with E-state index in [-0.39, 0.29) is 17.3 Å². The van der Waals surface area contributed by atoms with Gasteiger partial charge in [0.1, 0.15) is 5.78 Å². The molecule has 1 unspecified atom stereocenters. The molecular formula is C15H19NO2. The van der Waals surface area contributed by atoms with Gasteiger partial charge in [0.2, 0.25) is 0 Å². The van der Waals surface area contributed by atoms with Crippen molar-refractivity contribution >= 4 is 5.78 Å². The molecule has 1 atom stereocenters. The zero-order valence-electron chi connectivity index (χ0n) is 10.5. The Balaban J connectivity index is 1.77. The number of carbonyl (C=O) groups is 1. The second-order valence-electron chi connectivity index (χ2n) is 5.42. The van der Waals surface area contributed by atoms with Crippen LogP contribution in [-0.4, -0.2) is 18.9 Å². The number of hydrogen-bond acceptors (Lipinski definition) is 3. The molecule has 1 fully saturated rings. The second kappa shape index (κ2) is 4.48. The van der Waals surface area contributed by atoms with Gasteiger partial charge in [0.15, 0.2) is 0 Å². The first-order valence-corrected chi connectivity index (χ1v) is 6.68. The summed E-state index contributed by atoms with van der Waals surface area (Å²) in [4.78, 5) is 12.3. The maximum absolute atomic E-state index is 12.3. The Morgan fingerprint density at radius 2 is 2.17 bits per heavy atom. The van der Waals surface area contributed by atoms with Gasteiger partial charge in [0.25, 0.3) is 0 Å². The van der Waals surface area contributed by atoms with E-state index in [1.165, 1.54) is 11.1 Å². The molecule has 1 aliphatic carbocycles. The third-order valence-corrected chi connectivity index (χ3v) is 4.30. The van der Waals surface area contributed by atoms with Crippen molar-refractivity contribution in [1.29, 1.82) is 0 Å². The number of benzene rings is 1. The van der Waals surface area contributed by atoms with Crippen LogP contribution in [-0.2, 0) is 16.0 Å². The summed E-state index contributed by atoms with van der Waals surface area (Å²) >= 11 is 0. The summed E-state index contributed by atoms with van der Waals surface area (Å²) in [5.41, 5.74) is 8.00. The fourth-order valence-electron chi connectivity index (χ4n) is 2.78. The van der Waals surface area contributed by atoms with E-state index < -0.39 is 0 Å². The maximum Gasteiger partial charge on any atom is 0.143 e. The Labute approximate surface area is 107 Å². The maximum atomic E-state index is 12.3. The number of ketones is 1. The molecule has 0 radical (unpaired) electrons. The lowest BCUT2D eigenvalue weighted by Gasteiger charge is -2.26. The van der Waals surface area contributed by atoms with Gasteiger partial charge in [-0.25, -0.2) is 0 Å². The highest BCUT2D eigenvalue weighted by atomic mass is 16.5. The summed E-state index contributed by atoms with van der Waals surface area (Å²) in [7, 11) is 0. The van der Waals surface area contributed by atoms with Crippen molar-refractivity contribution in [1.82, 2.24) is 0 Å². The molecule has 18 heavy (non-hydrogen) atoms. The van der Waals surface area contributed by atoms with E-state index in [1.807, 2.05) is 12.1 Å². The van der Waals surface area contributed by atoms with Crippen molar-refractivity contribution in [2.45, 2.75) is 31.8 Å². The van der Waals surface area contributed by atoms with Crippen LogP contribution in [0.25, 0.3) is 0 Å². The highest BCUT2D eigenvalue weighted by Crippen LogP contribution is 2.47. The van der Waals surface area contributed by atoms with Gasteiger partial charge in [-0.15, -0.1) is 0 Å². The lowest BCUT2D eigenvalue weighted by molar-refractivity contribution is -0.127. The van der Waals surface area contributed by atoms with Crippen LogP contribution in [0.3, 0.4) is 0 Å². The summed E-state index contributed by atoms with van der Waals surface area (Å²) in [6.45, 7) is 1.20. The molecule has 3 heteroatoms. The number of Topliss-reactive ketones (excluding diaryl/α,β-unsaturated/α-hetero) is 1. The van der Waals surface area contributed by atoms with Gasteiger partial charge in [-0.2, -0.15) is 0 Å². The number of rotatable bonds is 4. The van der Waals surface area contributed by atoms with Crippen LogP contribution < -0.4 is 5.73 Å². The highest BCUT2D eigenvalue weighted by Gasteiger charge is 2.48. The molecule has 3 nitrogen and oxygen atoms in total. The predicted octanol–water partition coefficient (Wildman–Crippen LogP) is 2.00.